The van der Waals surface area contributed by atoms with E-state index in [1.54, 1.807) is 19.2 Å². The number of imide groups is 1. The van der Waals surface area contributed by atoms with Crippen molar-refractivity contribution in [3.8, 4) is 11.5 Å². The van der Waals surface area contributed by atoms with Gasteiger partial charge < -0.3 is 14.0 Å². The van der Waals surface area contributed by atoms with E-state index in [0.717, 1.165) is 35.3 Å². The maximum atomic E-state index is 12.9. The topological polar surface area (TPSA) is 60.8 Å². The summed E-state index contributed by atoms with van der Waals surface area (Å²) in [5.41, 5.74) is 4.31. The fourth-order valence-electron chi connectivity index (χ4n) is 3.80. The van der Waals surface area contributed by atoms with Crippen molar-refractivity contribution in [3.63, 3.8) is 0 Å². The Kier molecular flexibility index (Phi) is 6.89. The monoisotopic (exact) mass is 462 g/mol. The van der Waals surface area contributed by atoms with Gasteiger partial charge in [-0.15, -0.1) is 0 Å². The van der Waals surface area contributed by atoms with Crippen molar-refractivity contribution in [2.45, 2.75) is 20.4 Å². The Bertz CT molecular complexity index is 1200. The minimum atomic E-state index is -0.290. The molecule has 3 aromatic rings. The van der Waals surface area contributed by atoms with Gasteiger partial charge in [-0.25, -0.2) is 0 Å². The predicted molar refractivity (Wildman–Crippen MR) is 131 cm³/mol. The molecule has 1 aliphatic heterocycles. The zero-order valence-corrected chi connectivity index (χ0v) is 19.7. The van der Waals surface area contributed by atoms with Crippen LogP contribution < -0.4 is 9.47 Å². The number of aromatic nitrogens is 1. The Morgan fingerprint density at radius 3 is 2.39 bits per heavy atom. The van der Waals surface area contributed by atoms with E-state index in [1.165, 1.54) is 10.5 Å². The molecule has 2 heterocycles. The van der Waals surface area contributed by atoms with E-state index in [2.05, 4.69) is 22.8 Å². The van der Waals surface area contributed by atoms with Crippen LogP contribution in [0.4, 0.5) is 4.79 Å². The minimum absolute atomic E-state index is 0.174. The van der Waals surface area contributed by atoms with E-state index in [1.807, 2.05) is 50.3 Å². The van der Waals surface area contributed by atoms with Gasteiger partial charge >= 0.3 is 0 Å². The lowest BCUT2D eigenvalue weighted by Gasteiger charge is -2.14. The Balaban J connectivity index is 1.45. The number of thioether (sulfide) groups is 1. The van der Waals surface area contributed by atoms with Gasteiger partial charge in [-0.1, -0.05) is 42.5 Å². The average molecular weight is 463 g/mol. The molecule has 7 heteroatoms. The summed E-state index contributed by atoms with van der Waals surface area (Å²) in [6.07, 6.45) is 1.82. The molecule has 1 aliphatic rings. The average Bonchev–Trinajstić information content (AvgIpc) is 3.24. The summed E-state index contributed by atoms with van der Waals surface area (Å²) in [5.74, 6) is 0.896. The second kappa shape index (κ2) is 10.0. The summed E-state index contributed by atoms with van der Waals surface area (Å²) < 4.78 is 13.2. The van der Waals surface area contributed by atoms with E-state index < -0.39 is 0 Å². The van der Waals surface area contributed by atoms with Crippen molar-refractivity contribution < 1.29 is 19.1 Å². The molecule has 1 saturated heterocycles. The second-order valence-electron chi connectivity index (χ2n) is 7.73. The first-order chi connectivity index (χ1) is 16.0. The number of hydrogen-bond acceptors (Lipinski definition) is 5. The Morgan fingerprint density at radius 1 is 0.970 bits per heavy atom. The van der Waals surface area contributed by atoms with Crippen molar-refractivity contribution in [2.75, 3.05) is 20.3 Å². The molecule has 0 atom stereocenters. The van der Waals surface area contributed by atoms with Crippen LogP contribution >= 0.6 is 11.8 Å². The quantitative estimate of drug-likeness (QED) is 0.427. The van der Waals surface area contributed by atoms with Gasteiger partial charge in [-0.3, -0.25) is 14.5 Å². The van der Waals surface area contributed by atoms with Crippen LogP contribution in [0.2, 0.25) is 0 Å². The van der Waals surface area contributed by atoms with E-state index in [4.69, 9.17) is 9.47 Å². The third-order valence-corrected chi connectivity index (χ3v) is 6.51. The SMILES string of the molecule is COc1ccccc1OCCN1C(=O)SC(=Cc2cc(C)n(Cc3ccccc3)c2C)C1=O. The van der Waals surface area contributed by atoms with Gasteiger partial charge in [0, 0.05) is 17.9 Å². The van der Waals surface area contributed by atoms with Gasteiger partial charge in [-0.05, 0) is 61.0 Å². The molecule has 4 rings (SSSR count). The molecule has 170 valence electrons. The molecule has 1 aromatic heterocycles. The van der Waals surface area contributed by atoms with Gasteiger partial charge in [0.1, 0.15) is 6.61 Å². The molecular weight excluding hydrogens is 436 g/mol. The van der Waals surface area contributed by atoms with Gasteiger partial charge in [0.15, 0.2) is 11.5 Å². The molecule has 0 N–H and O–H groups in total. The molecule has 33 heavy (non-hydrogen) atoms. The van der Waals surface area contributed by atoms with E-state index >= 15 is 0 Å². The zero-order chi connectivity index (χ0) is 23.4. The first kappa shape index (κ1) is 22.7. The van der Waals surface area contributed by atoms with Gasteiger partial charge in [-0.2, -0.15) is 0 Å². The van der Waals surface area contributed by atoms with Crippen LogP contribution in [0.3, 0.4) is 0 Å². The van der Waals surface area contributed by atoms with Crippen LogP contribution in [0.5, 0.6) is 11.5 Å². The number of amides is 2. The fourth-order valence-corrected chi connectivity index (χ4v) is 4.66. The summed E-state index contributed by atoms with van der Waals surface area (Å²) in [7, 11) is 1.57. The molecule has 0 saturated carbocycles. The number of aryl methyl sites for hydroxylation is 1. The fraction of sp³-hybridized carbons (Fsp3) is 0.231. The molecule has 0 radical (unpaired) electrons. The van der Waals surface area contributed by atoms with Crippen molar-refractivity contribution in [1.82, 2.24) is 9.47 Å². The summed E-state index contributed by atoms with van der Waals surface area (Å²) in [6, 6.07) is 19.6. The highest BCUT2D eigenvalue weighted by molar-refractivity contribution is 8.18. The Labute approximate surface area is 197 Å². The molecule has 0 aliphatic carbocycles. The van der Waals surface area contributed by atoms with Gasteiger partial charge in [0.05, 0.1) is 18.6 Å². The van der Waals surface area contributed by atoms with Crippen LogP contribution in [0.1, 0.15) is 22.5 Å². The van der Waals surface area contributed by atoms with Crippen LogP contribution in [-0.4, -0.2) is 40.9 Å². The highest BCUT2D eigenvalue weighted by Crippen LogP contribution is 2.33. The van der Waals surface area contributed by atoms with Crippen LogP contribution in [-0.2, 0) is 11.3 Å². The predicted octanol–water partition coefficient (Wildman–Crippen LogP) is 5.28. The number of hydrogen-bond donors (Lipinski definition) is 0. The number of nitrogens with zero attached hydrogens (tertiary/aromatic N) is 2. The number of benzene rings is 2. The molecule has 0 spiro atoms. The highest BCUT2D eigenvalue weighted by Gasteiger charge is 2.35. The normalized spacial score (nSPS) is 14.9. The van der Waals surface area contributed by atoms with Crippen molar-refractivity contribution in [1.29, 1.82) is 0 Å². The van der Waals surface area contributed by atoms with Crippen LogP contribution in [0.15, 0.2) is 65.6 Å². The molecule has 2 amide bonds. The number of carbonyl (C=O) groups excluding carboxylic acids is 2. The maximum Gasteiger partial charge on any atom is 0.293 e. The molecule has 6 nitrogen and oxygen atoms in total. The second-order valence-corrected chi connectivity index (χ2v) is 8.72. The Morgan fingerprint density at radius 2 is 1.67 bits per heavy atom. The lowest BCUT2D eigenvalue weighted by molar-refractivity contribution is -0.123. The minimum Gasteiger partial charge on any atom is -0.493 e. The van der Waals surface area contributed by atoms with Crippen molar-refractivity contribution in [3.05, 3.63) is 88.1 Å². The first-order valence-electron chi connectivity index (χ1n) is 10.7. The maximum absolute atomic E-state index is 12.9. The summed E-state index contributed by atoms with van der Waals surface area (Å²) in [6.45, 7) is 5.21. The number of para-hydroxylation sites is 2. The molecule has 1 fully saturated rings. The number of carbonyl (C=O) groups is 2. The summed E-state index contributed by atoms with van der Waals surface area (Å²) >= 11 is 0.967. The third-order valence-electron chi connectivity index (χ3n) is 5.60. The van der Waals surface area contributed by atoms with E-state index in [0.29, 0.717) is 16.4 Å². The highest BCUT2D eigenvalue weighted by atomic mass is 32.2. The van der Waals surface area contributed by atoms with E-state index in [-0.39, 0.29) is 24.3 Å². The van der Waals surface area contributed by atoms with Gasteiger partial charge in [0.2, 0.25) is 0 Å². The lowest BCUT2D eigenvalue weighted by Crippen LogP contribution is -2.32. The number of methoxy groups -OCH3 is 1. The van der Waals surface area contributed by atoms with Crippen LogP contribution in [0, 0.1) is 13.8 Å². The van der Waals surface area contributed by atoms with Gasteiger partial charge in [0.25, 0.3) is 11.1 Å². The zero-order valence-electron chi connectivity index (χ0n) is 18.9. The van der Waals surface area contributed by atoms with Crippen LogP contribution in [0.25, 0.3) is 6.08 Å². The first-order valence-corrected chi connectivity index (χ1v) is 11.5. The lowest BCUT2D eigenvalue weighted by atomic mass is 10.2. The third kappa shape index (κ3) is 4.98. The summed E-state index contributed by atoms with van der Waals surface area (Å²) in [5, 5.41) is -0.284. The van der Waals surface area contributed by atoms with Crippen molar-refractivity contribution in [2.24, 2.45) is 0 Å². The number of rotatable bonds is 8. The standard InChI is InChI=1S/C26H26N2O4S/c1-18-15-21(19(2)28(18)17-20-9-5-4-6-10-20)16-24-25(29)27(26(30)33-24)13-14-32-23-12-8-7-11-22(23)31-3/h4-12,15-16H,13-14,17H2,1-3H3. The van der Waals surface area contributed by atoms with Crippen molar-refractivity contribution >= 4 is 29.0 Å². The largest absolute Gasteiger partial charge is 0.493 e. The molecule has 0 unspecified atom stereocenters. The summed E-state index contributed by atoms with van der Waals surface area (Å²) in [4.78, 5) is 27.1. The molecule has 0 bridgehead atoms. The molecular formula is C26H26N2O4S. The smallest absolute Gasteiger partial charge is 0.293 e. The Hall–Kier alpha value is -3.45. The number of ether oxygens (including phenoxy) is 2. The van der Waals surface area contributed by atoms with E-state index in [9.17, 15) is 9.59 Å². The molecule has 2 aromatic carbocycles.